The predicted molar refractivity (Wildman–Crippen MR) is 94.2 cm³/mol. The summed E-state index contributed by atoms with van der Waals surface area (Å²) in [7, 11) is 1.49. The molecule has 0 bridgehead atoms. The first kappa shape index (κ1) is 18.1. The van der Waals surface area contributed by atoms with Crippen LogP contribution in [0.25, 0.3) is 0 Å². The standard InChI is InChI=1S/C17H22Cl2N2O2/c1-12-7-9-21(10-8-12)17(22)6-5-16(20-23-2)13-3-4-14(18)15(19)11-13/h3-4,11-12H,5-10H2,1-2H3. The van der Waals surface area contributed by atoms with Crippen molar-refractivity contribution in [2.45, 2.75) is 32.6 Å². The number of carbonyl (C=O) groups excluding carboxylic acids is 1. The Bertz CT molecular complexity index is 582. The molecule has 23 heavy (non-hydrogen) atoms. The molecule has 1 fully saturated rings. The summed E-state index contributed by atoms with van der Waals surface area (Å²) in [4.78, 5) is 19.2. The topological polar surface area (TPSA) is 41.9 Å². The van der Waals surface area contributed by atoms with Crippen LogP contribution in [0, 0.1) is 5.92 Å². The number of hydrogen-bond donors (Lipinski definition) is 0. The van der Waals surface area contributed by atoms with Gasteiger partial charge in [0.25, 0.3) is 0 Å². The summed E-state index contributed by atoms with van der Waals surface area (Å²) in [6.45, 7) is 3.93. The molecule has 1 aromatic rings. The van der Waals surface area contributed by atoms with E-state index >= 15 is 0 Å². The zero-order valence-corrected chi connectivity index (χ0v) is 15.0. The third-order valence-electron chi connectivity index (χ3n) is 4.17. The summed E-state index contributed by atoms with van der Waals surface area (Å²) < 4.78 is 0. The molecule has 1 saturated heterocycles. The van der Waals surface area contributed by atoms with Crippen molar-refractivity contribution in [3.8, 4) is 0 Å². The van der Waals surface area contributed by atoms with E-state index in [2.05, 4.69) is 12.1 Å². The molecule has 1 heterocycles. The molecule has 0 saturated carbocycles. The molecule has 0 N–H and O–H groups in total. The van der Waals surface area contributed by atoms with Crippen molar-refractivity contribution in [2.75, 3.05) is 20.2 Å². The molecule has 1 aromatic carbocycles. The van der Waals surface area contributed by atoms with Crippen molar-refractivity contribution in [1.29, 1.82) is 0 Å². The molecule has 0 aromatic heterocycles. The SMILES string of the molecule is CON=C(CCC(=O)N1CCC(C)CC1)c1ccc(Cl)c(Cl)c1. The van der Waals surface area contributed by atoms with Crippen molar-refractivity contribution in [3.05, 3.63) is 33.8 Å². The van der Waals surface area contributed by atoms with Gasteiger partial charge < -0.3 is 9.74 Å². The van der Waals surface area contributed by atoms with Gasteiger partial charge in [-0.25, -0.2) is 0 Å². The first-order valence-corrected chi connectivity index (χ1v) is 8.60. The molecular weight excluding hydrogens is 335 g/mol. The summed E-state index contributed by atoms with van der Waals surface area (Å²) in [5.74, 6) is 0.877. The van der Waals surface area contributed by atoms with Gasteiger partial charge in [0.05, 0.1) is 15.8 Å². The van der Waals surface area contributed by atoms with Crippen molar-refractivity contribution in [3.63, 3.8) is 0 Å². The molecule has 1 amide bonds. The largest absolute Gasteiger partial charge is 0.399 e. The third-order valence-corrected chi connectivity index (χ3v) is 4.91. The minimum atomic E-state index is 0.167. The average Bonchev–Trinajstić information content (AvgIpc) is 2.54. The lowest BCUT2D eigenvalue weighted by Crippen LogP contribution is -2.38. The van der Waals surface area contributed by atoms with Gasteiger partial charge in [-0.05, 0) is 30.9 Å². The quantitative estimate of drug-likeness (QED) is 0.580. The number of carbonyl (C=O) groups is 1. The molecule has 126 valence electrons. The lowest BCUT2D eigenvalue weighted by molar-refractivity contribution is -0.132. The maximum atomic E-state index is 12.3. The second-order valence-electron chi connectivity index (χ2n) is 5.91. The normalized spacial score (nSPS) is 16.5. The monoisotopic (exact) mass is 356 g/mol. The van der Waals surface area contributed by atoms with E-state index in [-0.39, 0.29) is 5.91 Å². The van der Waals surface area contributed by atoms with Crippen molar-refractivity contribution in [1.82, 2.24) is 4.90 Å². The highest BCUT2D eigenvalue weighted by Crippen LogP contribution is 2.24. The van der Waals surface area contributed by atoms with Crippen molar-refractivity contribution < 1.29 is 9.63 Å². The zero-order chi connectivity index (χ0) is 16.8. The van der Waals surface area contributed by atoms with Gasteiger partial charge in [0, 0.05) is 31.5 Å². The lowest BCUT2D eigenvalue weighted by Gasteiger charge is -2.30. The molecule has 2 rings (SSSR count). The number of amides is 1. The van der Waals surface area contributed by atoms with E-state index in [4.69, 9.17) is 28.0 Å². The Labute approximate surface area is 147 Å². The number of likely N-dealkylation sites (tertiary alicyclic amines) is 1. The van der Waals surface area contributed by atoms with E-state index in [0.29, 0.717) is 34.5 Å². The maximum Gasteiger partial charge on any atom is 0.222 e. The predicted octanol–water partition coefficient (Wildman–Crippen LogP) is 4.38. The van der Waals surface area contributed by atoms with Gasteiger partial charge in [-0.15, -0.1) is 0 Å². The smallest absolute Gasteiger partial charge is 0.222 e. The van der Waals surface area contributed by atoms with Gasteiger partial charge in [-0.1, -0.05) is 41.3 Å². The molecule has 0 spiro atoms. The highest BCUT2D eigenvalue weighted by Gasteiger charge is 2.20. The molecule has 1 aliphatic heterocycles. The van der Waals surface area contributed by atoms with E-state index in [1.165, 1.54) is 7.11 Å². The fourth-order valence-electron chi connectivity index (χ4n) is 2.67. The van der Waals surface area contributed by atoms with Gasteiger partial charge in [0.1, 0.15) is 7.11 Å². The molecule has 0 atom stereocenters. The van der Waals surface area contributed by atoms with E-state index in [9.17, 15) is 4.79 Å². The molecule has 0 unspecified atom stereocenters. The number of benzene rings is 1. The first-order valence-electron chi connectivity index (χ1n) is 7.84. The number of hydrogen-bond acceptors (Lipinski definition) is 3. The summed E-state index contributed by atoms with van der Waals surface area (Å²) in [6, 6.07) is 5.30. The van der Waals surface area contributed by atoms with E-state index in [0.717, 1.165) is 31.5 Å². The first-order chi connectivity index (χ1) is 11.0. The summed E-state index contributed by atoms with van der Waals surface area (Å²) >= 11 is 12.0. The number of nitrogens with zero attached hydrogens (tertiary/aromatic N) is 2. The third kappa shape index (κ3) is 5.11. The van der Waals surface area contributed by atoms with Crippen LogP contribution in [0.15, 0.2) is 23.4 Å². The van der Waals surface area contributed by atoms with Gasteiger partial charge in [-0.2, -0.15) is 0 Å². The van der Waals surface area contributed by atoms with E-state index < -0.39 is 0 Å². The van der Waals surface area contributed by atoms with E-state index in [1.807, 2.05) is 11.0 Å². The van der Waals surface area contributed by atoms with Crippen LogP contribution in [0.5, 0.6) is 0 Å². The van der Waals surface area contributed by atoms with Gasteiger partial charge >= 0.3 is 0 Å². The fraction of sp³-hybridized carbons (Fsp3) is 0.529. The van der Waals surface area contributed by atoms with Crippen molar-refractivity contribution in [2.24, 2.45) is 11.1 Å². The lowest BCUT2D eigenvalue weighted by atomic mass is 9.98. The van der Waals surface area contributed by atoms with Crippen LogP contribution in [0.4, 0.5) is 0 Å². The molecule has 0 aliphatic carbocycles. The Balaban J connectivity index is 1.98. The summed E-state index contributed by atoms with van der Waals surface area (Å²) in [5, 5.41) is 4.99. The van der Waals surface area contributed by atoms with Crippen LogP contribution in [0.1, 0.15) is 38.2 Å². The van der Waals surface area contributed by atoms with Crippen LogP contribution >= 0.6 is 23.2 Å². The summed E-state index contributed by atoms with van der Waals surface area (Å²) in [6.07, 6.45) is 3.09. The Morgan fingerprint density at radius 1 is 1.26 bits per heavy atom. The Kier molecular flexibility index (Phi) is 6.72. The maximum absolute atomic E-state index is 12.3. The van der Waals surface area contributed by atoms with Crippen LogP contribution in [-0.2, 0) is 9.63 Å². The number of rotatable bonds is 5. The van der Waals surface area contributed by atoms with Crippen LogP contribution in [0.2, 0.25) is 10.0 Å². The highest BCUT2D eigenvalue weighted by molar-refractivity contribution is 6.42. The van der Waals surface area contributed by atoms with Crippen LogP contribution in [0.3, 0.4) is 0 Å². The van der Waals surface area contributed by atoms with Gasteiger partial charge in [0.15, 0.2) is 0 Å². The highest BCUT2D eigenvalue weighted by atomic mass is 35.5. The second-order valence-corrected chi connectivity index (χ2v) is 6.73. The number of piperidine rings is 1. The number of oxime groups is 1. The zero-order valence-electron chi connectivity index (χ0n) is 13.5. The molecular formula is C17H22Cl2N2O2. The molecule has 0 radical (unpaired) electrons. The Morgan fingerprint density at radius 3 is 2.57 bits per heavy atom. The minimum absolute atomic E-state index is 0.167. The van der Waals surface area contributed by atoms with Gasteiger partial charge in [0.2, 0.25) is 5.91 Å². The molecule has 6 heteroatoms. The summed E-state index contributed by atoms with van der Waals surface area (Å²) in [5.41, 5.74) is 1.52. The molecule has 1 aliphatic rings. The second kappa shape index (κ2) is 8.55. The Hall–Kier alpha value is -1.26. The van der Waals surface area contributed by atoms with Gasteiger partial charge in [-0.3, -0.25) is 4.79 Å². The van der Waals surface area contributed by atoms with E-state index in [1.54, 1.807) is 12.1 Å². The van der Waals surface area contributed by atoms with Crippen molar-refractivity contribution >= 4 is 34.8 Å². The van der Waals surface area contributed by atoms with Crippen LogP contribution < -0.4 is 0 Å². The number of halogens is 2. The van der Waals surface area contributed by atoms with Crippen LogP contribution in [-0.4, -0.2) is 36.7 Å². The minimum Gasteiger partial charge on any atom is -0.399 e. The Morgan fingerprint density at radius 2 is 1.96 bits per heavy atom. The average molecular weight is 357 g/mol. The molecule has 4 nitrogen and oxygen atoms in total. The fourth-order valence-corrected chi connectivity index (χ4v) is 2.97.